The van der Waals surface area contributed by atoms with Gasteiger partial charge < -0.3 is 107 Å². The Hall–Kier alpha value is -2.22. The Morgan fingerprint density at radius 3 is 1.55 bits per heavy atom. The van der Waals surface area contributed by atoms with Gasteiger partial charge in [0, 0.05) is 66.1 Å². The maximum Gasteiger partial charge on any atom is 0.330 e. The summed E-state index contributed by atoms with van der Waals surface area (Å²) < 4.78 is 94.3. The molecule has 24 nitrogen and oxygen atoms in total. The summed E-state index contributed by atoms with van der Waals surface area (Å²) in [7, 11) is 6.35. The van der Waals surface area contributed by atoms with Crippen LogP contribution in [0.25, 0.3) is 0 Å². The largest absolute Gasteiger partial charge is 0.458 e. The fourth-order valence-corrected chi connectivity index (χ4v) is 16.1. The van der Waals surface area contributed by atoms with Crippen LogP contribution in [0.1, 0.15) is 140 Å². The van der Waals surface area contributed by atoms with Gasteiger partial charge >= 0.3 is 5.97 Å². The molecule has 0 aromatic carbocycles. The number of ether oxygens (including phenoxy) is 15. The van der Waals surface area contributed by atoms with Crippen molar-refractivity contribution in [3.63, 3.8) is 0 Å². The average Bonchev–Trinajstić information content (AvgIpc) is 1.34. The molecule has 5 heterocycles. The Morgan fingerprint density at radius 2 is 1.10 bits per heavy atom. The highest BCUT2D eigenvalue weighted by atomic mass is 16.8. The van der Waals surface area contributed by atoms with Crippen molar-refractivity contribution in [1.82, 2.24) is 0 Å². The van der Waals surface area contributed by atoms with Crippen molar-refractivity contribution >= 4 is 11.8 Å². The summed E-state index contributed by atoms with van der Waals surface area (Å²) in [6.07, 6.45) is -11.6. The molecule has 9 rings (SSSR count). The highest BCUT2D eigenvalue weighted by Crippen LogP contribution is 2.71. The lowest BCUT2D eigenvalue weighted by atomic mass is 9.42. The minimum atomic E-state index is -2.04. The molecule has 3 saturated carbocycles. The highest BCUT2D eigenvalue weighted by Gasteiger charge is 2.81. The standard InChI is InChI=1S/C62H100O24/c1-29(2)30(3)21-45(65)82-44-27-43-58(9)17-16-37(22-36(58)15-18-61(43,70)62(71)20-19-60(69,35(8)64)59(44,62)10)80-46-23-38(72-11)53(31(4)76-46)83-47-24-39(73-12)54(32(5)77-47)84-48-25-40(74-13)55(33(6)78-48)85-49-26-41(75-14)56(34(7)79-49)86-57-52(68)51(67)50(66)42(28-63)81-57/h15,21,29,31-34,37-44,46-57,63,66-71H,16-20,22-28H2,1-14H3/t31-,32-,33-,34-,37+,38+,39+,40-,41+,42-,43-,44-,46+,47+,48+,49+,50-,51+,52-,53-,54-,55-,56-,57+,58+,59-,60-,61+,62-/m1/s1. The number of hydrogen-bond donors (Lipinski definition) is 7. The number of carbonyl (C=O) groups excluding carboxylic acids is 2. The van der Waals surface area contributed by atoms with E-state index in [0.29, 0.717) is 38.5 Å². The van der Waals surface area contributed by atoms with Gasteiger partial charge in [-0.1, -0.05) is 38.0 Å². The number of hydrogen-bond acceptors (Lipinski definition) is 24. The monoisotopic (exact) mass is 1230 g/mol. The third-order valence-electron chi connectivity index (χ3n) is 21.7. The van der Waals surface area contributed by atoms with Crippen LogP contribution in [-0.2, 0) is 80.6 Å². The SMILES string of the molecule is CO[C@H]1C[C@H](O[C@H]2CC[C@@]3(C)C(=CC[C@]4(O)[C@@H]3C[C@@H](OC(=O)C=C(C)C(C)C)[C@@]3(C)[C@]4(O)CC[C@@]3(O)C(C)=O)C2)O[C@H](C)[C@H]1O[C@H]1C[C@H](OC)[C@H](O[C@H]2C[C@@H](OC)[C@H](O[C@H]3C[C@H](OC)[C@H](O[C@@H]4O[C@H](CO)[C@@H](O)[C@H](O)[C@H]4O)[C@@H](C)O3)[C@@H](C)O2)[C@@H](C)O1. The van der Waals surface area contributed by atoms with Crippen LogP contribution in [0.2, 0.25) is 0 Å². The van der Waals surface area contributed by atoms with Crippen molar-refractivity contribution in [3.8, 4) is 0 Å². The number of methoxy groups -OCH3 is 4. The second kappa shape index (κ2) is 26.8. The number of esters is 1. The van der Waals surface area contributed by atoms with Crippen molar-refractivity contribution in [3.05, 3.63) is 23.3 Å². The summed E-state index contributed by atoms with van der Waals surface area (Å²) >= 11 is 0. The molecule has 0 aromatic rings. The van der Waals surface area contributed by atoms with Crippen molar-refractivity contribution in [1.29, 1.82) is 0 Å². The Kier molecular flexibility index (Phi) is 21.2. The van der Waals surface area contributed by atoms with Crippen molar-refractivity contribution in [2.75, 3.05) is 35.0 Å². The van der Waals surface area contributed by atoms with Gasteiger partial charge in [0.05, 0.1) is 67.0 Å². The third-order valence-corrected chi connectivity index (χ3v) is 21.7. The van der Waals surface area contributed by atoms with Gasteiger partial charge in [-0.3, -0.25) is 4.79 Å². The van der Waals surface area contributed by atoms with Crippen LogP contribution in [0.15, 0.2) is 23.3 Å². The number of aliphatic hydroxyl groups is 7. The van der Waals surface area contributed by atoms with Crippen LogP contribution < -0.4 is 0 Å². The second-order valence-electron chi connectivity index (χ2n) is 26.7. The van der Waals surface area contributed by atoms with Crippen molar-refractivity contribution in [2.24, 2.45) is 22.7 Å². The van der Waals surface area contributed by atoms with E-state index in [4.69, 9.17) is 71.1 Å². The smallest absolute Gasteiger partial charge is 0.330 e. The Morgan fingerprint density at radius 1 is 0.640 bits per heavy atom. The predicted octanol–water partition coefficient (Wildman–Crippen LogP) is 2.95. The maximum absolute atomic E-state index is 13.6. The van der Waals surface area contributed by atoms with E-state index in [1.165, 1.54) is 20.1 Å². The van der Waals surface area contributed by atoms with E-state index in [1.54, 1.807) is 35.2 Å². The number of ketones is 1. The molecule has 86 heavy (non-hydrogen) atoms. The summed E-state index contributed by atoms with van der Waals surface area (Å²) in [5.41, 5.74) is -6.22. The molecule has 8 fully saturated rings. The molecule has 0 amide bonds. The summed E-state index contributed by atoms with van der Waals surface area (Å²) in [6, 6.07) is 0. The van der Waals surface area contributed by atoms with Gasteiger partial charge in [-0.15, -0.1) is 0 Å². The predicted molar refractivity (Wildman–Crippen MR) is 301 cm³/mol. The quantitative estimate of drug-likeness (QED) is 0.0555. The normalized spacial score (nSPS) is 50.0. The van der Waals surface area contributed by atoms with Gasteiger partial charge in [-0.05, 0) is 105 Å². The first kappa shape index (κ1) is 68.2. The molecule has 7 N–H and O–H groups in total. The molecule has 0 aromatic heterocycles. The second-order valence-corrected chi connectivity index (χ2v) is 26.7. The molecule has 4 aliphatic carbocycles. The van der Waals surface area contributed by atoms with Gasteiger partial charge in [0.1, 0.15) is 71.7 Å². The maximum atomic E-state index is 13.6. The van der Waals surface area contributed by atoms with Crippen LogP contribution in [0.4, 0.5) is 0 Å². The van der Waals surface area contributed by atoms with Crippen molar-refractivity contribution < 1.29 is 116 Å². The number of aliphatic hydroxyl groups excluding tert-OH is 4. The van der Waals surface area contributed by atoms with Gasteiger partial charge in [-0.2, -0.15) is 0 Å². The number of Topliss-reactive ketones (excluding diaryl/α,β-unsaturated/α-hetero) is 1. The molecule has 492 valence electrons. The average molecular weight is 1230 g/mol. The fraction of sp³-hybridized carbons (Fsp3) is 0.903. The minimum absolute atomic E-state index is 0.0490. The molecule has 9 aliphatic rings. The molecule has 29 atom stereocenters. The number of allylic oxidation sites excluding steroid dienone is 1. The van der Waals surface area contributed by atoms with Crippen LogP contribution in [0.3, 0.4) is 0 Å². The Bertz CT molecular complexity index is 2390. The zero-order valence-corrected chi connectivity index (χ0v) is 52.6. The number of fused-ring (bicyclic) bond motifs is 5. The van der Waals surface area contributed by atoms with E-state index in [2.05, 4.69) is 6.92 Å². The summed E-state index contributed by atoms with van der Waals surface area (Å²) in [4.78, 5) is 27.0. The van der Waals surface area contributed by atoms with E-state index in [1.807, 2.05) is 47.6 Å². The molecule has 5 saturated heterocycles. The summed E-state index contributed by atoms with van der Waals surface area (Å²) in [5, 5.41) is 79.0. The van der Waals surface area contributed by atoms with Gasteiger partial charge in [0.15, 0.2) is 37.2 Å². The topological polar surface area (TPSA) is 314 Å². The number of rotatable bonds is 19. The lowest BCUT2D eigenvalue weighted by Gasteiger charge is -2.67. The molecule has 0 spiro atoms. The van der Waals surface area contributed by atoms with Crippen LogP contribution >= 0.6 is 0 Å². The Labute approximate surface area is 505 Å². The molecule has 0 unspecified atom stereocenters. The summed E-state index contributed by atoms with van der Waals surface area (Å²) in [5.74, 6) is -1.67. The fourth-order valence-electron chi connectivity index (χ4n) is 16.1. The van der Waals surface area contributed by atoms with Crippen molar-refractivity contribution in [2.45, 2.75) is 298 Å². The number of carbonyl (C=O) groups is 2. The van der Waals surface area contributed by atoms with Gasteiger partial charge in [-0.25, -0.2) is 4.79 Å². The van der Waals surface area contributed by atoms with Gasteiger partial charge in [0.25, 0.3) is 0 Å². The van der Waals surface area contributed by atoms with E-state index in [9.17, 15) is 45.3 Å². The zero-order valence-electron chi connectivity index (χ0n) is 52.6. The van der Waals surface area contributed by atoms with Gasteiger partial charge in [0.2, 0.25) is 0 Å². The van der Waals surface area contributed by atoms with Crippen LogP contribution in [-0.4, -0.2) is 241 Å². The molecule has 0 radical (unpaired) electrons. The summed E-state index contributed by atoms with van der Waals surface area (Å²) in [6.45, 7) is 17.6. The van der Waals surface area contributed by atoms with Crippen LogP contribution in [0.5, 0.6) is 0 Å². The lowest BCUT2D eigenvalue weighted by Crippen LogP contribution is -2.78. The third kappa shape index (κ3) is 12.4. The molecule has 5 aliphatic heterocycles. The van der Waals surface area contributed by atoms with Crippen LogP contribution in [0, 0.1) is 22.7 Å². The molecular weight excluding hydrogens is 1130 g/mol. The van der Waals surface area contributed by atoms with E-state index < -0.39 is 187 Å². The van der Waals surface area contributed by atoms with E-state index >= 15 is 0 Å². The first-order valence-corrected chi connectivity index (χ1v) is 31.1. The highest BCUT2D eigenvalue weighted by molar-refractivity contribution is 5.87. The molecule has 24 heteroatoms. The first-order valence-electron chi connectivity index (χ1n) is 31.1. The van der Waals surface area contributed by atoms with E-state index in [0.717, 1.165) is 11.1 Å². The Balaban J connectivity index is 0.779. The first-order chi connectivity index (χ1) is 40.5. The molecular formula is C62H100O24. The van der Waals surface area contributed by atoms with E-state index in [-0.39, 0.29) is 44.1 Å². The zero-order chi connectivity index (χ0) is 62.7. The minimum Gasteiger partial charge on any atom is -0.458 e. The molecule has 0 bridgehead atoms. The lowest BCUT2D eigenvalue weighted by molar-refractivity contribution is -0.358.